The molecule has 7 nitrogen and oxygen atoms in total. The van der Waals surface area contributed by atoms with Crippen molar-refractivity contribution < 1.29 is 9.53 Å². The Balaban J connectivity index is 1.55. The van der Waals surface area contributed by atoms with Crippen LogP contribution in [-0.4, -0.2) is 49.8 Å². The first-order chi connectivity index (χ1) is 15.5. The van der Waals surface area contributed by atoms with E-state index in [9.17, 15) is 9.59 Å². The standard InChI is InChI=1S/C23H26N4O3S2/c1-14-6-4-10-26-20(14)25-19(24-13-16-9-5-11-30-16)17(21(26)28)12-18-22(29)27(23(31)32-18)15-7-2-3-8-15/h4,6,10,12,15-16,24H,2-3,5,7-9,11,13H2,1H3. The summed E-state index contributed by atoms with van der Waals surface area (Å²) in [7, 11) is 0. The Bertz CT molecular complexity index is 1160. The SMILES string of the molecule is Cc1cccn2c(=O)c(C=C3SC(=S)N(C4CCCC4)C3=O)c(NCC3CCCO3)nc12. The van der Waals surface area contributed by atoms with Gasteiger partial charge in [-0.2, -0.15) is 0 Å². The van der Waals surface area contributed by atoms with E-state index in [2.05, 4.69) is 5.32 Å². The van der Waals surface area contributed by atoms with E-state index in [4.69, 9.17) is 21.9 Å². The summed E-state index contributed by atoms with van der Waals surface area (Å²) in [6.07, 6.45) is 9.69. The Labute approximate surface area is 196 Å². The third-order valence-corrected chi connectivity index (χ3v) is 7.72. The van der Waals surface area contributed by atoms with Crippen molar-refractivity contribution in [1.82, 2.24) is 14.3 Å². The van der Waals surface area contributed by atoms with Crippen LogP contribution >= 0.6 is 24.0 Å². The van der Waals surface area contributed by atoms with Gasteiger partial charge in [0.05, 0.1) is 16.6 Å². The van der Waals surface area contributed by atoms with Crippen LogP contribution in [0.15, 0.2) is 28.0 Å². The van der Waals surface area contributed by atoms with Gasteiger partial charge in [-0.3, -0.25) is 18.9 Å². The minimum atomic E-state index is -0.209. The zero-order chi connectivity index (χ0) is 22.2. The van der Waals surface area contributed by atoms with Gasteiger partial charge in [0, 0.05) is 25.4 Å². The molecule has 5 rings (SSSR count). The molecule has 4 heterocycles. The molecule has 1 aliphatic carbocycles. The zero-order valence-corrected chi connectivity index (χ0v) is 19.6. The van der Waals surface area contributed by atoms with E-state index in [0.29, 0.717) is 32.8 Å². The largest absolute Gasteiger partial charge is 0.376 e. The van der Waals surface area contributed by atoms with Gasteiger partial charge in [0.15, 0.2) is 0 Å². The number of thioether (sulfide) groups is 1. The van der Waals surface area contributed by atoms with Crippen molar-refractivity contribution in [3.8, 4) is 0 Å². The van der Waals surface area contributed by atoms with Gasteiger partial charge in [0.2, 0.25) is 0 Å². The van der Waals surface area contributed by atoms with Gasteiger partial charge in [0.25, 0.3) is 11.5 Å². The Hall–Kier alpha value is -2.23. The summed E-state index contributed by atoms with van der Waals surface area (Å²) < 4.78 is 7.83. The molecule has 3 fully saturated rings. The molecule has 1 N–H and O–H groups in total. The molecular formula is C23H26N4O3S2. The minimum absolute atomic E-state index is 0.0977. The predicted molar refractivity (Wildman–Crippen MR) is 131 cm³/mol. The van der Waals surface area contributed by atoms with E-state index in [-0.39, 0.29) is 23.6 Å². The Morgan fingerprint density at radius 1 is 1.28 bits per heavy atom. The van der Waals surface area contributed by atoms with Crippen LogP contribution in [0.4, 0.5) is 5.82 Å². The molecule has 2 aromatic heterocycles. The average molecular weight is 471 g/mol. The van der Waals surface area contributed by atoms with Crippen LogP contribution in [0.25, 0.3) is 11.7 Å². The number of ether oxygens (including phenoxy) is 1. The number of rotatable bonds is 5. The Morgan fingerprint density at radius 2 is 2.09 bits per heavy atom. The molecule has 0 aromatic carbocycles. The molecule has 0 spiro atoms. The smallest absolute Gasteiger partial charge is 0.267 e. The number of aryl methyl sites for hydroxylation is 1. The number of anilines is 1. The second-order valence-corrected chi connectivity index (χ2v) is 10.2. The lowest BCUT2D eigenvalue weighted by atomic mass is 10.2. The maximum Gasteiger partial charge on any atom is 0.267 e. The molecule has 2 aromatic rings. The summed E-state index contributed by atoms with van der Waals surface area (Å²) in [5.41, 5.74) is 1.67. The number of hydrogen-bond donors (Lipinski definition) is 1. The highest BCUT2D eigenvalue weighted by Crippen LogP contribution is 2.38. The van der Waals surface area contributed by atoms with Gasteiger partial charge in [-0.15, -0.1) is 0 Å². The quantitative estimate of drug-likeness (QED) is 0.527. The second-order valence-electron chi connectivity index (χ2n) is 8.57. The van der Waals surface area contributed by atoms with E-state index in [0.717, 1.165) is 50.7 Å². The molecule has 2 saturated heterocycles. The molecule has 1 unspecified atom stereocenters. The number of nitrogens with one attached hydrogen (secondary N) is 1. The van der Waals surface area contributed by atoms with E-state index in [1.165, 1.54) is 16.2 Å². The van der Waals surface area contributed by atoms with Crippen LogP contribution in [0, 0.1) is 6.92 Å². The van der Waals surface area contributed by atoms with Crippen LogP contribution in [0.1, 0.15) is 49.7 Å². The molecule has 168 valence electrons. The predicted octanol–water partition coefficient (Wildman–Crippen LogP) is 3.74. The van der Waals surface area contributed by atoms with E-state index in [1.54, 1.807) is 17.2 Å². The fourth-order valence-corrected chi connectivity index (χ4v) is 6.06. The number of nitrogens with zero attached hydrogens (tertiary/aromatic N) is 3. The monoisotopic (exact) mass is 470 g/mol. The van der Waals surface area contributed by atoms with Crippen LogP contribution < -0.4 is 10.9 Å². The van der Waals surface area contributed by atoms with Gasteiger partial charge < -0.3 is 10.1 Å². The summed E-state index contributed by atoms with van der Waals surface area (Å²) >= 11 is 6.80. The van der Waals surface area contributed by atoms with Gasteiger partial charge in [-0.1, -0.05) is 42.9 Å². The molecule has 9 heteroatoms. The van der Waals surface area contributed by atoms with Crippen LogP contribution in [0.2, 0.25) is 0 Å². The minimum Gasteiger partial charge on any atom is -0.376 e. The van der Waals surface area contributed by atoms with E-state index in [1.807, 2.05) is 19.1 Å². The van der Waals surface area contributed by atoms with E-state index >= 15 is 0 Å². The molecule has 1 amide bonds. The number of pyridine rings is 1. The number of fused-ring (bicyclic) bond motifs is 1. The summed E-state index contributed by atoms with van der Waals surface area (Å²) in [6, 6.07) is 3.93. The number of carbonyl (C=O) groups is 1. The first kappa shape index (κ1) is 21.6. The highest BCUT2D eigenvalue weighted by molar-refractivity contribution is 8.26. The molecule has 0 radical (unpaired) electrons. The molecule has 1 saturated carbocycles. The molecule has 1 atom stereocenters. The van der Waals surface area contributed by atoms with Crippen LogP contribution in [-0.2, 0) is 9.53 Å². The molecule has 2 aliphatic heterocycles. The fraction of sp³-hybridized carbons (Fsp3) is 0.478. The topological polar surface area (TPSA) is 75.9 Å². The van der Waals surface area contributed by atoms with E-state index < -0.39 is 0 Å². The normalized spacial score (nSPS) is 23.2. The maximum absolute atomic E-state index is 13.5. The molecule has 32 heavy (non-hydrogen) atoms. The Morgan fingerprint density at radius 3 is 2.84 bits per heavy atom. The summed E-state index contributed by atoms with van der Waals surface area (Å²) in [5, 5.41) is 3.32. The van der Waals surface area contributed by atoms with Gasteiger partial charge in [0.1, 0.15) is 15.8 Å². The number of hydrogen-bond acceptors (Lipinski definition) is 7. The van der Waals surface area contributed by atoms with Crippen molar-refractivity contribution >= 4 is 51.7 Å². The van der Waals surface area contributed by atoms with Crippen LogP contribution in [0.5, 0.6) is 0 Å². The lowest BCUT2D eigenvalue weighted by Crippen LogP contribution is -2.36. The third kappa shape index (κ3) is 3.97. The first-order valence-corrected chi connectivity index (χ1v) is 12.4. The summed E-state index contributed by atoms with van der Waals surface area (Å²) in [4.78, 5) is 33.6. The zero-order valence-electron chi connectivity index (χ0n) is 18.0. The summed E-state index contributed by atoms with van der Waals surface area (Å²) in [5.74, 6) is 0.372. The number of carbonyl (C=O) groups excluding carboxylic acids is 1. The van der Waals surface area contributed by atoms with Crippen LogP contribution in [0.3, 0.4) is 0 Å². The molecular weight excluding hydrogens is 444 g/mol. The third-order valence-electron chi connectivity index (χ3n) is 6.39. The van der Waals surface area contributed by atoms with Gasteiger partial charge in [-0.25, -0.2) is 4.98 Å². The van der Waals surface area contributed by atoms with Crippen molar-refractivity contribution in [3.05, 3.63) is 44.7 Å². The number of aromatic nitrogens is 2. The van der Waals surface area contributed by atoms with Gasteiger partial charge in [-0.05, 0) is 50.3 Å². The number of amides is 1. The lowest BCUT2D eigenvalue weighted by molar-refractivity contribution is -0.123. The van der Waals surface area contributed by atoms with Crippen molar-refractivity contribution in [1.29, 1.82) is 0 Å². The number of thiocarbonyl (C=S) groups is 1. The Kier molecular flexibility index (Phi) is 6.05. The second kappa shape index (κ2) is 8.96. The first-order valence-electron chi connectivity index (χ1n) is 11.2. The highest BCUT2D eigenvalue weighted by Gasteiger charge is 2.38. The van der Waals surface area contributed by atoms with Gasteiger partial charge >= 0.3 is 0 Å². The summed E-state index contributed by atoms with van der Waals surface area (Å²) in [6.45, 7) is 3.26. The average Bonchev–Trinajstić information content (AvgIpc) is 3.52. The lowest BCUT2D eigenvalue weighted by Gasteiger charge is -2.21. The van der Waals surface area contributed by atoms with Crippen molar-refractivity contribution in [2.45, 2.75) is 57.6 Å². The molecule has 0 bridgehead atoms. The van der Waals surface area contributed by atoms with Crippen molar-refractivity contribution in [2.24, 2.45) is 0 Å². The highest BCUT2D eigenvalue weighted by atomic mass is 32.2. The van der Waals surface area contributed by atoms with Crippen molar-refractivity contribution in [2.75, 3.05) is 18.5 Å². The molecule has 3 aliphatic rings. The fourth-order valence-electron chi connectivity index (χ4n) is 4.68. The van der Waals surface area contributed by atoms with Crippen molar-refractivity contribution in [3.63, 3.8) is 0 Å². The maximum atomic E-state index is 13.5.